The number of fused-ring (bicyclic) bond motifs is 4. The van der Waals surface area contributed by atoms with Crippen LogP contribution < -0.4 is 0 Å². The van der Waals surface area contributed by atoms with E-state index in [4.69, 9.17) is 0 Å². The first-order valence-corrected chi connectivity index (χ1v) is 19.4. The Morgan fingerprint density at radius 1 is 0.939 bits per heavy atom. The van der Waals surface area contributed by atoms with Crippen molar-refractivity contribution in [1.82, 2.24) is 0 Å². The molecule has 2 spiro atoms. The van der Waals surface area contributed by atoms with Gasteiger partial charge in [0.15, 0.2) is 0 Å². The fourth-order valence-corrected chi connectivity index (χ4v) is 17.2. The zero-order valence-corrected chi connectivity index (χ0v) is 24.1. The molecule has 0 nitrogen and oxygen atoms in total. The van der Waals surface area contributed by atoms with Crippen molar-refractivity contribution >= 4 is 27.8 Å². The second-order valence-electron chi connectivity index (χ2n) is 13.7. The second-order valence-corrected chi connectivity index (χ2v) is 23.9. The molecule has 1 heterocycles. The van der Waals surface area contributed by atoms with E-state index in [2.05, 4.69) is 115 Å². The summed E-state index contributed by atoms with van der Waals surface area (Å²) in [6.45, 7) is 20.2. The third-order valence-electron chi connectivity index (χ3n) is 8.93. The van der Waals surface area contributed by atoms with E-state index in [1.54, 1.807) is 27.8 Å². The minimum absolute atomic E-state index is 0.261. The molecule has 0 aromatic heterocycles. The van der Waals surface area contributed by atoms with Crippen LogP contribution in [0.15, 0.2) is 60.2 Å². The largest absolute Gasteiger partial charge is 0.0831 e. The summed E-state index contributed by atoms with van der Waals surface area (Å²) in [6, 6.07) is 21.5. The Morgan fingerprint density at radius 3 is 2.21 bits per heavy atom. The van der Waals surface area contributed by atoms with Gasteiger partial charge in [0, 0.05) is 18.2 Å². The van der Waals surface area contributed by atoms with Gasteiger partial charge in [0.05, 0.1) is 8.07 Å². The zero-order chi connectivity index (χ0) is 23.9. The van der Waals surface area contributed by atoms with E-state index in [1.165, 1.54) is 30.5 Å². The van der Waals surface area contributed by atoms with Gasteiger partial charge in [0.25, 0.3) is 0 Å². The summed E-state index contributed by atoms with van der Waals surface area (Å²) in [7, 11) is -3.12. The van der Waals surface area contributed by atoms with Crippen molar-refractivity contribution in [3.8, 4) is 0 Å². The molecule has 2 aliphatic carbocycles. The maximum absolute atomic E-state index is 2.84. The lowest BCUT2D eigenvalue weighted by Crippen LogP contribution is -2.78. The predicted molar refractivity (Wildman–Crippen MR) is 151 cm³/mol. The standard InChI is InChI=1S/C31H42Si2/c1-9-25-18-23-14-10-12-16-27(23)31(25)21-30(33(31,8)22-29(2,3)4)19-24(20-32(5,6)7)26-15-11-13-17-28(26)30/h10-19H,9,20-22H2,1-8H3. The second kappa shape index (κ2) is 7.18. The summed E-state index contributed by atoms with van der Waals surface area (Å²) >= 11 is 0. The van der Waals surface area contributed by atoms with Crippen molar-refractivity contribution < 1.29 is 0 Å². The Bertz CT molecular complexity index is 1170. The lowest BCUT2D eigenvalue weighted by molar-refractivity contribution is 0.368. The molecule has 3 atom stereocenters. The van der Waals surface area contributed by atoms with Gasteiger partial charge < -0.3 is 0 Å². The van der Waals surface area contributed by atoms with Crippen molar-refractivity contribution in [2.45, 2.75) is 88.9 Å². The summed E-state index contributed by atoms with van der Waals surface area (Å²) < 4.78 is 0. The van der Waals surface area contributed by atoms with Gasteiger partial charge in [0.1, 0.15) is 0 Å². The molecule has 0 radical (unpaired) electrons. The molecule has 0 saturated carbocycles. The maximum Gasteiger partial charge on any atom is 0.0831 e. The summed E-state index contributed by atoms with van der Waals surface area (Å²) in [5.74, 6) is 0. The Kier molecular flexibility index (Phi) is 5.03. The van der Waals surface area contributed by atoms with E-state index in [1.807, 2.05) is 0 Å². The van der Waals surface area contributed by atoms with Crippen molar-refractivity contribution in [3.05, 3.63) is 82.4 Å². The molecule has 1 fully saturated rings. The average molecular weight is 471 g/mol. The highest BCUT2D eigenvalue weighted by molar-refractivity contribution is 6.89. The molecule has 2 aromatic carbocycles. The highest BCUT2D eigenvalue weighted by atomic mass is 28.3. The van der Waals surface area contributed by atoms with Crippen LogP contribution in [0, 0.1) is 5.41 Å². The Labute approximate surface area is 204 Å². The van der Waals surface area contributed by atoms with Crippen molar-refractivity contribution in [2.75, 3.05) is 0 Å². The summed E-state index contributed by atoms with van der Waals surface area (Å²) in [6.07, 6.45) is 7.86. The van der Waals surface area contributed by atoms with Gasteiger partial charge in [-0.1, -0.05) is 126 Å². The van der Waals surface area contributed by atoms with Crippen LogP contribution in [-0.2, 0) is 10.1 Å². The van der Waals surface area contributed by atoms with Gasteiger partial charge in [-0.15, -0.1) is 0 Å². The Morgan fingerprint density at radius 2 is 1.58 bits per heavy atom. The number of hydrogen-bond acceptors (Lipinski definition) is 0. The molecule has 174 valence electrons. The number of benzene rings is 2. The van der Waals surface area contributed by atoms with Gasteiger partial charge in [-0.2, -0.15) is 0 Å². The molecule has 2 heteroatoms. The number of rotatable bonds is 4. The molecule has 5 rings (SSSR count). The van der Waals surface area contributed by atoms with Crippen LogP contribution in [0.2, 0.25) is 38.3 Å². The van der Waals surface area contributed by atoms with E-state index in [0.29, 0.717) is 5.41 Å². The molecular weight excluding hydrogens is 429 g/mol. The fourth-order valence-electron chi connectivity index (χ4n) is 8.14. The average Bonchev–Trinajstić information content (AvgIpc) is 3.22. The molecule has 0 N–H and O–H groups in total. The minimum atomic E-state index is -1.90. The van der Waals surface area contributed by atoms with Gasteiger partial charge in [0.2, 0.25) is 0 Å². The first-order chi connectivity index (χ1) is 15.4. The van der Waals surface area contributed by atoms with Crippen LogP contribution in [-0.4, -0.2) is 16.1 Å². The SMILES string of the molecule is CCC1=Cc2ccccc2C12CC1(C=C(C[Si](C)(C)C)c3ccccc31)[Si]2(C)CC(C)(C)C. The van der Waals surface area contributed by atoms with Crippen molar-refractivity contribution in [2.24, 2.45) is 5.41 Å². The zero-order valence-electron chi connectivity index (χ0n) is 22.1. The Hall–Kier alpha value is -1.65. The van der Waals surface area contributed by atoms with Crippen molar-refractivity contribution in [3.63, 3.8) is 0 Å². The third kappa shape index (κ3) is 3.13. The van der Waals surface area contributed by atoms with E-state index in [9.17, 15) is 0 Å². The van der Waals surface area contributed by atoms with Crippen LogP contribution in [0.25, 0.3) is 11.6 Å². The Balaban J connectivity index is 1.76. The summed E-state index contributed by atoms with van der Waals surface area (Å²) in [4.78, 5) is 0. The number of hydrogen-bond donors (Lipinski definition) is 0. The van der Waals surface area contributed by atoms with E-state index < -0.39 is 16.1 Å². The van der Waals surface area contributed by atoms with Gasteiger partial charge in [-0.05, 0) is 52.1 Å². The smallest absolute Gasteiger partial charge is 0.0731 e. The van der Waals surface area contributed by atoms with E-state index in [0.717, 1.165) is 0 Å². The quantitative estimate of drug-likeness (QED) is 0.391. The highest BCUT2D eigenvalue weighted by Gasteiger charge is 2.75. The summed E-state index contributed by atoms with van der Waals surface area (Å²) in [5.41, 5.74) is 10.1. The van der Waals surface area contributed by atoms with E-state index >= 15 is 0 Å². The molecule has 0 bridgehead atoms. The van der Waals surface area contributed by atoms with Gasteiger partial charge in [-0.3, -0.25) is 0 Å². The molecule has 3 unspecified atom stereocenters. The molecule has 2 aromatic rings. The normalized spacial score (nSPS) is 30.2. The first kappa shape index (κ1) is 23.1. The van der Waals surface area contributed by atoms with Gasteiger partial charge in [-0.25, -0.2) is 0 Å². The maximum atomic E-state index is 2.84. The number of allylic oxidation sites excluding steroid dienone is 3. The van der Waals surface area contributed by atoms with Crippen LogP contribution >= 0.6 is 0 Å². The molecule has 3 aliphatic rings. The monoisotopic (exact) mass is 470 g/mol. The van der Waals surface area contributed by atoms with Crippen LogP contribution in [0.3, 0.4) is 0 Å². The lowest BCUT2D eigenvalue weighted by Gasteiger charge is -2.70. The first-order valence-electron chi connectivity index (χ1n) is 13.0. The molecule has 1 saturated heterocycles. The van der Waals surface area contributed by atoms with Gasteiger partial charge >= 0.3 is 0 Å². The van der Waals surface area contributed by atoms with Crippen molar-refractivity contribution in [1.29, 1.82) is 0 Å². The van der Waals surface area contributed by atoms with Crippen LogP contribution in [0.4, 0.5) is 0 Å². The molecule has 33 heavy (non-hydrogen) atoms. The summed E-state index contributed by atoms with van der Waals surface area (Å²) in [5, 5.41) is 0.543. The van der Waals surface area contributed by atoms with Crippen LogP contribution in [0.1, 0.15) is 62.8 Å². The highest BCUT2D eigenvalue weighted by Crippen LogP contribution is 2.73. The topological polar surface area (TPSA) is 0 Å². The lowest BCUT2D eigenvalue weighted by atomic mass is 9.79. The van der Waals surface area contributed by atoms with E-state index in [-0.39, 0.29) is 10.1 Å². The predicted octanol–water partition coefficient (Wildman–Crippen LogP) is 9.01. The van der Waals surface area contributed by atoms with Crippen LogP contribution in [0.5, 0.6) is 0 Å². The molecule has 0 amide bonds. The molecule has 1 aliphatic heterocycles. The molecular formula is C31H42Si2. The fraction of sp³-hybridized carbons (Fsp3) is 0.484. The minimum Gasteiger partial charge on any atom is -0.0731 e. The third-order valence-corrected chi connectivity index (χ3v) is 17.3.